The molecule has 0 aliphatic carbocycles. The Labute approximate surface area is 178 Å². The zero-order chi connectivity index (χ0) is 21.1. The van der Waals surface area contributed by atoms with Crippen molar-refractivity contribution in [2.75, 3.05) is 5.73 Å². The minimum atomic E-state index is -0.000293. The number of nitrogens with two attached hydrogens (primary N) is 1. The lowest BCUT2D eigenvalue weighted by atomic mass is 9.88. The summed E-state index contributed by atoms with van der Waals surface area (Å²) in [5.41, 5.74) is 13.7. The van der Waals surface area contributed by atoms with Crippen LogP contribution in [0.5, 0.6) is 0 Å². The van der Waals surface area contributed by atoms with Crippen molar-refractivity contribution in [1.29, 1.82) is 0 Å². The number of aryl methyl sites for hydroxylation is 2. The van der Waals surface area contributed by atoms with Crippen LogP contribution in [0.2, 0.25) is 0 Å². The largest absolute Gasteiger partial charge is 0.398 e. The van der Waals surface area contributed by atoms with E-state index in [1.54, 1.807) is 0 Å². The Hall–Kier alpha value is -2.76. The van der Waals surface area contributed by atoms with Crippen LogP contribution >= 0.6 is 0 Å². The molecule has 0 saturated carbocycles. The fraction of sp³-hybridized carbons (Fsp3) is 0.360. The maximum Gasteiger partial charge on any atom is 0.0682 e. The summed E-state index contributed by atoms with van der Waals surface area (Å²) >= 11 is 0. The van der Waals surface area contributed by atoms with Crippen LogP contribution < -0.4 is 5.73 Å². The summed E-state index contributed by atoms with van der Waals surface area (Å²) in [5.74, 6) is 0. The second kappa shape index (κ2) is 8.94. The van der Waals surface area contributed by atoms with Crippen molar-refractivity contribution in [3.05, 3.63) is 88.5 Å². The number of aliphatic hydroxyl groups is 1. The normalized spacial score (nSPS) is 19.7. The van der Waals surface area contributed by atoms with Gasteiger partial charge in [0, 0.05) is 24.6 Å². The maximum atomic E-state index is 9.43. The number of benzene rings is 1. The van der Waals surface area contributed by atoms with Crippen molar-refractivity contribution in [3.63, 3.8) is 0 Å². The van der Waals surface area contributed by atoms with Crippen LogP contribution in [0.4, 0.5) is 5.69 Å². The fourth-order valence-electron chi connectivity index (χ4n) is 4.64. The van der Waals surface area contributed by atoms with Crippen LogP contribution in [-0.2, 0) is 13.2 Å². The zero-order valence-corrected chi connectivity index (χ0v) is 17.8. The van der Waals surface area contributed by atoms with E-state index in [-0.39, 0.29) is 18.7 Å². The molecule has 2 atom stereocenters. The van der Waals surface area contributed by atoms with Gasteiger partial charge in [0.1, 0.15) is 0 Å². The molecule has 0 unspecified atom stereocenters. The van der Waals surface area contributed by atoms with Crippen LogP contribution in [0.1, 0.15) is 65.0 Å². The maximum absolute atomic E-state index is 9.43. The average molecular weight is 403 g/mol. The summed E-state index contributed by atoms with van der Waals surface area (Å²) in [4.78, 5) is 12.1. The Morgan fingerprint density at radius 3 is 2.07 bits per heavy atom. The molecule has 2 aromatic heterocycles. The Morgan fingerprint density at radius 2 is 1.57 bits per heavy atom. The van der Waals surface area contributed by atoms with E-state index in [1.807, 2.05) is 42.7 Å². The van der Waals surface area contributed by atoms with E-state index in [0.29, 0.717) is 0 Å². The first kappa shape index (κ1) is 20.5. The monoisotopic (exact) mass is 402 g/mol. The van der Waals surface area contributed by atoms with E-state index < -0.39 is 0 Å². The molecular formula is C25H30N4O. The predicted molar refractivity (Wildman–Crippen MR) is 120 cm³/mol. The lowest BCUT2D eigenvalue weighted by molar-refractivity contribution is 0.0681. The minimum absolute atomic E-state index is 0.000293. The molecule has 156 valence electrons. The number of hydrogen-bond donors (Lipinski definition) is 2. The first-order chi connectivity index (χ1) is 14.6. The van der Waals surface area contributed by atoms with Gasteiger partial charge in [0.15, 0.2) is 0 Å². The van der Waals surface area contributed by atoms with Gasteiger partial charge >= 0.3 is 0 Å². The highest BCUT2D eigenvalue weighted by Crippen LogP contribution is 2.43. The van der Waals surface area contributed by atoms with Crippen LogP contribution in [0, 0.1) is 13.8 Å². The van der Waals surface area contributed by atoms with Gasteiger partial charge in [-0.3, -0.25) is 14.9 Å². The highest BCUT2D eigenvalue weighted by atomic mass is 16.3. The molecule has 1 fully saturated rings. The molecule has 5 nitrogen and oxygen atoms in total. The van der Waals surface area contributed by atoms with E-state index in [1.165, 1.54) is 11.1 Å². The smallest absolute Gasteiger partial charge is 0.0682 e. The molecule has 1 saturated heterocycles. The van der Waals surface area contributed by atoms with Gasteiger partial charge in [-0.1, -0.05) is 24.3 Å². The van der Waals surface area contributed by atoms with Crippen molar-refractivity contribution in [2.45, 2.75) is 58.3 Å². The van der Waals surface area contributed by atoms with Gasteiger partial charge in [-0.15, -0.1) is 0 Å². The minimum Gasteiger partial charge on any atom is -0.398 e. The fourth-order valence-corrected chi connectivity index (χ4v) is 4.64. The Morgan fingerprint density at radius 1 is 0.967 bits per heavy atom. The molecule has 30 heavy (non-hydrogen) atoms. The summed E-state index contributed by atoms with van der Waals surface area (Å²) in [7, 11) is 0. The molecule has 4 rings (SSSR count). The van der Waals surface area contributed by atoms with E-state index in [0.717, 1.165) is 54.0 Å². The number of anilines is 1. The molecule has 3 aromatic rings. The van der Waals surface area contributed by atoms with Gasteiger partial charge in [-0.05, 0) is 73.6 Å². The van der Waals surface area contributed by atoms with Crippen LogP contribution in [0.25, 0.3) is 0 Å². The SMILES string of the molecule is Cc1cccnc1[C@H]1CCC[C@@H](c2ncccc2C)N1Cc1ccc(CO)cc1N. The van der Waals surface area contributed by atoms with Crippen molar-refractivity contribution < 1.29 is 5.11 Å². The van der Waals surface area contributed by atoms with E-state index in [2.05, 4.69) is 30.9 Å². The second-order valence-electron chi connectivity index (χ2n) is 8.24. The van der Waals surface area contributed by atoms with Crippen LogP contribution in [0.15, 0.2) is 54.9 Å². The molecule has 1 aliphatic rings. The van der Waals surface area contributed by atoms with E-state index in [9.17, 15) is 5.11 Å². The number of pyridine rings is 2. The third-order valence-corrected chi connectivity index (χ3v) is 6.23. The Kier molecular flexibility index (Phi) is 6.11. The van der Waals surface area contributed by atoms with Crippen molar-refractivity contribution in [2.24, 2.45) is 0 Å². The second-order valence-corrected chi connectivity index (χ2v) is 8.24. The van der Waals surface area contributed by atoms with Crippen LogP contribution in [-0.4, -0.2) is 20.0 Å². The lowest BCUT2D eigenvalue weighted by Crippen LogP contribution is -2.37. The molecule has 5 heteroatoms. The van der Waals surface area contributed by atoms with Crippen LogP contribution in [0.3, 0.4) is 0 Å². The number of hydrogen-bond acceptors (Lipinski definition) is 5. The van der Waals surface area contributed by atoms with Crippen molar-refractivity contribution in [3.8, 4) is 0 Å². The summed E-state index contributed by atoms with van der Waals surface area (Å²) in [5, 5.41) is 9.43. The third-order valence-electron chi connectivity index (χ3n) is 6.23. The van der Waals surface area contributed by atoms with Crippen molar-refractivity contribution >= 4 is 5.69 Å². The number of aromatic nitrogens is 2. The summed E-state index contributed by atoms with van der Waals surface area (Å²) in [6.45, 7) is 5.00. The number of piperidine rings is 1. The van der Waals surface area contributed by atoms with E-state index in [4.69, 9.17) is 15.7 Å². The molecule has 0 spiro atoms. The van der Waals surface area contributed by atoms with Crippen molar-refractivity contribution in [1.82, 2.24) is 14.9 Å². The highest BCUT2D eigenvalue weighted by Gasteiger charge is 2.35. The molecule has 0 radical (unpaired) electrons. The Bertz CT molecular complexity index is 966. The summed E-state index contributed by atoms with van der Waals surface area (Å²) < 4.78 is 0. The lowest BCUT2D eigenvalue weighted by Gasteiger charge is -2.42. The number of rotatable bonds is 5. The number of nitrogens with zero attached hydrogens (tertiary/aromatic N) is 3. The number of likely N-dealkylation sites (tertiary alicyclic amines) is 1. The van der Waals surface area contributed by atoms with E-state index >= 15 is 0 Å². The van der Waals surface area contributed by atoms with Gasteiger partial charge in [-0.2, -0.15) is 0 Å². The average Bonchev–Trinajstić information content (AvgIpc) is 2.76. The molecule has 3 heterocycles. The molecule has 1 aromatic carbocycles. The first-order valence-corrected chi connectivity index (χ1v) is 10.7. The van der Waals surface area contributed by atoms with Gasteiger partial charge < -0.3 is 10.8 Å². The van der Waals surface area contributed by atoms with Gasteiger partial charge in [-0.25, -0.2) is 0 Å². The van der Waals surface area contributed by atoms with Gasteiger partial charge in [0.25, 0.3) is 0 Å². The topological polar surface area (TPSA) is 75.3 Å². The first-order valence-electron chi connectivity index (χ1n) is 10.7. The molecule has 3 N–H and O–H groups in total. The molecular weight excluding hydrogens is 372 g/mol. The molecule has 0 bridgehead atoms. The number of aliphatic hydroxyl groups excluding tert-OH is 1. The Balaban J connectivity index is 1.76. The quantitative estimate of drug-likeness (QED) is 0.608. The summed E-state index contributed by atoms with van der Waals surface area (Å²) in [6, 6.07) is 14.6. The highest BCUT2D eigenvalue weighted by molar-refractivity contribution is 5.49. The molecule has 0 amide bonds. The summed E-state index contributed by atoms with van der Waals surface area (Å²) in [6.07, 6.45) is 7.04. The van der Waals surface area contributed by atoms with Gasteiger partial charge in [0.05, 0.1) is 30.1 Å². The third kappa shape index (κ3) is 4.09. The number of nitrogen functional groups attached to an aromatic ring is 1. The van der Waals surface area contributed by atoms with Gasteiger partial charge in [0.2, 0.25) is 0 Å². The zero-order valence-electron chi connectivity index (χ0n) is 17.8. The standard InChI is InChI=1S/C25H30N4O/c1-17-6-4-12-27-24(17)22-8-3-9-23(25-18(2)7-5-13-28-25)29(22)15-20-11-10-19(16-30)14-21(20)26/h4-7,10-14,22-23,30H,3,8-9,15-16,26H2,1-2H3/t22-,23+. The molecule has 1 aliphatic heterocycles. The predicted octanol–water partition coefficient (Wildman–Crippen LogP) is 4.64.